The van der Waals surface area contributed by atoms with Gasteiger partial charge in [0.2, 0.25) is 5.69 Å². The van der Waals surface area contributed by atoms with Gasteiger partial charge in [-0.3, -0.25) is 4.68 Å². The van der Waals surface area contributed by atoms with Crippen LogP contribution in [0.5, 0.6) is 0 Å². The monoisotopic (exact) mass is 449 g/mol. The number of amides is 2. The molecule has 1 aromatic heterocycles. The van der Waals surface area contributed by atoms with Gasteiger partial charge in [-0.15, -0.1) is 0 Å². The maximum Gasteiger partial charge on any atom is 0.322 e. The summed E-state index contributed by atoms with van der Waals surface area (Å²) in [6.45, 7) is 7.87. The number of benzene rings is 1. The van der Waals surface area contributed by atoms with E-state index in [1.807, 2.05) is 0 Å². The number of aryl methyl sites for hydroxylation is 1. The molecule has 0 aliphatic carbocycles. The predicted molar refractivity (Wildman–Crippen MR) is 108 cm³/mol. The summed E-state index contributed by atoms with van der Waals surface area (Å²) < 4.78 is 45.0. The highest BCUT2D eigenvalue weighted by Gasteiger charge is 2.50. The fraction of sp³-hybridized carbons (Fsp3) is 0.476. The SMILES string of the molecule is [C-]#[N+]c1cc(NC(=O)N2Cc3c(nn4c3C(F)(F)C[C@](O)(CO)CC4)C[C@H]2C)ccc1F. The lowest BCUT2D eigenvalue weighted by Crippen LogP contribution is -2.45. The Morgan fingerprint density at radius 2 is 2.19 bits per heavy atom. The van der Waals surface area contributed by atoms with Crippen molar-refractivity contribution in [3.05, 3.63) is 52.4 Å². The molecule has 0 saturated heterocycles. The largest absolute Gasteiger partial charge is 0.393 e. The zero-order valence-electron chi connectivity index (χ0n) is 17.3. The molecule has 2 aliphatic heterocycles. The molecule has 32 heavy (non-hydrogen) atoms. The topological polar surface area (TPSA) is 95.0 Å². The van der Waals surface area contributed by atoms with Gasteiger partial charge < -0.3 is 20.4 Å². The number of alkyl halides is 2. The standard InChI is InChI=1S/C21H22F3N5O3/c1-12-7-16-14(18-21(23,24)10-20(32,11-30)5-6-29(18)27-16)9-28(12)19(31)26-13-3-4-15(22)17(8-13)25-2/h3-4,8,12,30,32H,5-7,9-11H2,1H3,(H,26,31)/t12-,20+/m1/s1. The summed E-state index contributed by atoms with van der Waals surface area (Å²) in [6.07, 6.45) is -0.745. The normalized spacial score (nSPS) is 24.2. The minimum atomic E-state index is -3.45. The zero-order valence-corrected chi connectivity index (χ0v) is 17.3. The van der Waals surface area contributed by atoms with E-state index < -0.39 is 36.4 Å². The molecular formula is C21H22F3N5O3. The minimum absolute atomic E-state index is 0.0184. The minimum Gasteiger partial charge on any atom is -0.393 e. The first-order chi connectivity index (χ1) is 15.1. The molecule has 0 radical (unpaired) electrons. The lowest BCUT2D eigenvalue weighted by atomic mass is 9.90. The van der Waals surface area contributed by atoms with Gasteiger partial charge in [0.05, 0.1) is 31.0 Å². The quantitative estimate of drug-likeness (QED) is 0.614. The highest BCUT2D eigenvalue weighted by molar-refractivity contribution is 5.90. The lowest BCUT2D eigenvalue weighted by Gasteiger charge is -2.34. The first kappa shape index (κ1) is 22.1. The number of halogens is 3. The number of hydrogen-bond donors (Lipinski definition) is 3. The van der Waals surface area contributed by atoms with Crippen LogP contribution in [-0.4, -0.2) is 49.2 Å². The summed E-state index contributed by atoms with van der Waals surface area (Å²) in [5.41, 5.74) is -1.59. The first-order valence-corrected chi connectivity index (χ1v) is 10.1. The van der Waals surface area contributed by atoms with Crippen molar-refractivity contribution < 1.29 is 28.2 Å². The van der Waals surface area contributed by atoms with Crippen molar-refractivity contribution >= 4 is 17.4 Å². The molecular weight excluding hydrogens is 427 g/mol. The molecule has 8 nitrogen and oxygen atoms in total. The second-order valence-electron chi connectivity index (χ2n) is 8.40. The van der Waals surface area contributed by atoms with Gasteiger partial charge in [-0.2, -0.15) is 13.9 Å². The molecule has 0 unspecified atom stereocenters. The van der Waals surface area contributed by atoms with E-state index in [0.717, 1.165) is 6.07 Å². The molecule has 2 aliphatic rings. The molecule has 2 atom stereocenters. The van der Waals surface area contributed by atoms with Gasteiger partial charge in [-0.25, -0.2) is 14.0 Å². The van der Waals surface area contributed by atoms with E-state index in [9.17, 15) is 19.4 Å². The van der Waals surface area contributed by atoms with Crippen molar-refractivity contribution in [3.63, 3.8) is 0 Å². The van der Waals surface area contributed by atoms with Crippen LogP contribution in [0.4, 0.5) is 29.3 Å². The number of fused-ring (bicyclic) bond motifs is 3. The number of aromatic nitrogens is 2. The van der Waals surface area contributed by atoms with Gasteiger partial charge in [-0.05, 0) is 31.5 Å². The van der Waals surface area contributed by atoms with Crippen LogP contribution >= 0.6 is 0 Å². The van der Waals surface area contributed by atoms with Crippen LogP contribution in [0.25, 0.3) is 4.85 Å². The van der Waals surface area contributed by atoms with Crippen LogP contribution in [0, 0.1) is 12.4 Å². The number of rotatable bonds is 2. The summed E-state index contributed by atoms with van der Waals surface area (Å²) in [5, 5.41) is 26.6. The van der Waals surface area contributed by atoms with Gasteiger partial charge >= 0.3 is 6.03 Å². The Labute approximate surface area is 182 Å². The average molecular weight is 449 g/mol. The Morgan fingerprint density at radius 1 is 1.44 bits per heavy atom. The molecule has 0 fully saturated rings. The molecule has 0 saturated carbocycles. The van der Waals surface area contributed by atoms with Crippen LogP contribution in [0.15, 0.2) is 18.2 Å². The molecule has 1 aromatic carbocycles. The Kier molecular flexibility index (Phi) is 5.38. The number of nitrogens with zero attached hydrogens (tertiary/aromatic N) is 4. The molecule has 2 amide bonds. The molecule has 0 bridgehead atoms. The zero-order chi connectivity index (χ0) is 23.3. The molecule has 0 spiro atoms. The van der Waals surface area contributed by atoms with Crippen LogP contribution < -0.4 is 5.32 Å². The third-order valence-corrected chi connectivity index (χ3v) is 6.04. The van der Waals surface area contributed by atoms with Crippen LogP contribution in [0.2, 0.25) is 0 Å². The second kappa shape index (κ2) is 7.79. The van der Waals surface area contributed by atoms with E-state index in [-0.39, 0.29) is 54.6 Å². The summed E-state index contributed by atoms with van der Waals surface area (Å²) in [7, 11) is 0. The Bertz CT molecular complexity index is 1110. The number of hydrogen-bond acceptors (Lipinski definition) is 4. The highest BCUT2D eigenvalue weighted by atomic mass is 19.3. The Balaban J connectivity index is 1.62. The van der Waals surface area contributed by atoms with Crippen LogP contribution in [0.1, 0.15) is 36.7 Å². The van der Waals surface area contributed by atoms with Crippen LogP contribution in [0.3, 0.4) is 0 Å². The number of aliphatic hydroxyl groups excluding tert-OH is 1. The van der Waals surface area contributed by atoms with E-state index in [4.69, 9.17) is 6.57 Å². The van der Waals surface area contributed by atoms with Gasteiger partial charge in [0, 0.05) is 36.7 Å². The Morgan fingerprint density at radius 3 is 2.88 bits per heavy atom. The van der Waals surface area contributed by atoms with E-state index in [2.05, 4.69) is 15.3 Å². The predicted octanol–water partition coefficient (Wildman–Crippen LogP) is 3.16. The van der Waals surface area contributed by atoms with Crippen molar-refractivity contribution in [2.75, 3.05) is 11.9 Å². The second-order valence-corrected chi connectivity index (χ2v) is 8.40. The fourth-order valence-electron chi connectivity index (χ4n) is 4.34. The highest BCUT2D eigenvalue weighted by Crippen LogP contribution is 2.44. The fourth-order valence-corrected chi connectivity index (χ4v) is 4.34. The number of aliphatic hydroxyl groups is 2. The number of urea groups is 1. The smallest absolute Gasteiger partial charge is 0.322 e. The number of anilines is 1. The number of carbonyl (C=O) groups is 1. The lowest BCUT2D eigenvalue weighted by molar-refractivity contribution is -0.112. The van der Waals surface area contributed by atoms with Gasteiger partial charge in [0.1, 0.15) is 11.5 Å². The van der Waals surface area contributed by atoms with E-state index >= 15 is 8.78 Å². The third-order valence-electron chi connectivity index (χ3n) is 6.04. The summed E-state index contributed by atoms with van der Waals surface area (Å²) in [4.78, 5) is 17.3. The first-order valence-electron chi connectivity index (χ1n) is 10.1. The van der Waals surface area contributed by atoms with E-state index in [1.165, 1.54) is 21.7 Å². The third kappa shape index (κ3) is 3.80. The van der Waals surface area contributed by atoms with Crippen molar-refractivity contribution in [2.45, 2.75) is 56.8 Å². The molecule has 3 N–H and O–H groups in total. The molecule has 4 rings (SSSR count). The average Bonchev–Trinajstić information content (AvgIpc) is 3.06. The molecule has 2 aromatic rings. The van der Waals surface area contributed by atoms with Crippen LogP contribution in [-0.2, 0) is 25.4 Å². The molecule has 3 heterocycles. The van der Waals surface area contributed by atoms with Gasteiger partial charge in [0.15, 0.2) is 0 Å². The number of carbonyl (C=O) groups excluding carboxylic acids is 1. The summed E-state index contributed by atoms with van der Waals surface area (Å²) in [6, 6.07) is 2.68. The van der Waals surface area contributed by atoms with E-state index in [0.29, 0.717) is 5.69 Å². The van der Waals surface area contributed by atoms with Gasteiger partial charge in [-0.1, -0.05) is 0 Å². The maximum atomic E-state index is 15.1. The number of nitrogens with one attached hydrogen (secondary N) is 1. The van der Waals surface area contributed by atoms with Crippen molar-refractivity contribution in [1.82, 2.24) is 14.7 Å². The maximum absolute atomic E-state index is 15.1. The van der Waals surface area contributed by atoms with E-state index in [1.54, 1.807) is 6.92 Å². The van der Waals surface area contributed by atoms with Crippen molar-refractivity contribution in [1.29, 1.82) is 0 Å². The molecule has 170 valence electrons. The van der Waals surface area contributed by atoms with Crippen molar-refractivity contribution in [2.24, 2.45) is 0 Å². The summed E-state index contributed by atoms with van der Waals surface area (Å²) in [5.74, 6) is -4.15. The van der Waals surface area contributed by atoms with Gasteiger partial charge in [0.25, 0.3) is 5.92 Å². The Hall–Kier alpha value is -3.10. The molecule has 11 heteroatoms. The summed E-state index contributed by atoms with van der Waals surface area (Å²) >= 11 is 0. The van der Waals surface area contributed by atoms with Crippen molar-refractivity contribution in [3.8, 4) is 0 Å².